The van der Waals surface area contributed by atoms with E-state index in [-0.39, 0.29) is 35.1 Å². The molecule has 0 amide bonds. The molecule has 0 atom stereocenters. The second kappa shape index (κ2) is 13.6. The third-order valence-electron chi connectivity index (χ3n) is 7.03. The van der Waals surface area contributed by atoms with Crippen LogP contribution in [0.3, 0.4) is 0 Å². The standard InChI is InChI=1S/C31H22F4N2O9S.Na/c1-36(2)14-5-8-18-21(11-14)45-22-12-15(37(3)4)6-9-19(22)23(18)17-10-7-16(13-20(17)30(38)39)44-31(40)46-28-24(32)26(34)29(47(41,42)43)27(35)25(28)33;/h5-13H,1-4H3,(H-,38,39,41,42,43);/q;+1. The third-order valence-corrected chi connectivity index (χ3v) is 7.89. The molecule has 244 valence electrons. The molecule has 5 rings (SSSR count). The summed E-state index contributed by atoms with van der Waals surface area (Å²) in [5.74, 6) is -13.8. The summed E-state index contributed by atoms with van der Waals surface area (Å²) in [4.78, 5) is 24.3. The summed E-state index contributed by atoms with van der Waals surface area (Å²) in [6.07, 6.45) is -1.98. The fourth-order valence-corrected chi connectivity index (χ4v) is 5.41. The first-order valence-corrected chi connectivity index (χ1v) is 14.7. The number of anilines is 1. The zero-order valence-corrected chi connectivity index (χ0v) is 28.5. The molecule has 0 spiro atoms. The molecule has 17 heteroatoms. The van der Waals surface area contributed by atoms with E-state index >= 15 is 0 Å². The molecule has 1 heterocycles. The number of hydrogen-bond acceptors (Lipinski definition) is 9. The maximum absolute atomic E-state index is 14.3. The van der Waals surface area contributed by atoms with Gasteiger partial charge in [-0.3, -0.25) is 0 Å². The van der Waals surface area contributed by atoms with Gasteiger partial charge in [0.2, 0.25) is 22.7 Å². The Morgan fingerprint density at radius 2 is 1.50 bits per heavy atom. The van der Waals surface area contributed by atoms with Gasteiger partial charge in [-0.2, -0.15) is 8.78 Å². The Morgan fingerprint density at radius 3 is 2.06 bits per heavy atom. The van der Waals surface area contributed by atoms with E-state index in [4.69, 9.17) is 9.15 Å². The largest absolute Gasteiger partial charge is 1.00 e. The number of carbonyl (C=O) groups excluding carboxylic acids is 1. The minimum atomic E-state index is -6.00. The smallest absolute Gasteiger partial charge is 0.744 e. The first kappa shape index (κ1) is 36.4. The molecular formula is C31H22F4N2NaO9S+. The van der Waals surface area contributed by atoms with Crippen LogP contribution in [-0.4, -0.2) is 58.4 Å². The van der Waals surface area contributed by atoms with Gasteiger partial charge in [0.1, 0.15) is 46.2 Å². The third kappa shape index (κ3) is 6.75. The Morgan fingerprint density at radius 1 is 0.875 bits per heavy atom. The molecule has 0 radical (unpaired) electrons. The van der Waals surface area contributed by atoms with Crippen LogP contribution in [0.2, 0.25) is 0 Å². The van der Waals surface area contributed by atoms with Crippen LogP contribution in [0.15, 0.2) is 63.9 Å². The van der Waals surface area contributed by atoms with Crippen LogP contribution in [0.5, 0.6) is 11.5 Å². The van der Waals surface area contributed by atoms with Gasteiger partial charge in [0.05, 0.1) is 11.6 Å². The molecule has 0 aromatic heterocycles. The van der Waals surface area contributed by atoms with Gasteiger partial charge in [0, 0.05) is 48.4 Å². The number of carbonyl (C=O) groups is 2. The first-order valence-electron chi connectivity index (χ1n) is 13.3. The van der Waals surface area contributed by atoms with Gasteiger partial charge < -0.3 is 28.5 Å². The van der Waals surface area contributed by atoms with Crippen molar-refractivity contribution >= 4 is 38.9 Å². The molecule has 0 bridgehead atoms. The van der Waals surface area contributed by atoms with Crippen molar-refractivity contribution in [3.8, 4) is 33.9 Å². The first-order chi connectivity index (χ1) is 22.0. The van der Waals surface area contributed by atoms with E-state index in [0.717, 1.165) is 23.2 Å². The van der Waals surface area contributed by atoms with Gasteiger partial charge in [-0.25, -0.2) is 31.4 Å². The minimum Gasteiger partial charge on any atom is -0.744 e. The van der Waals surface area contributed by atoms with Crippen molar-refractivity contribution in [2.45, 2.75) is 4.90 Å². The van der Waals surface area contributed by atoms with E-state index in [9.17, 15) is 45.2 Å². The Kier molecular flexibility index (Phi) is 10.3. The van der Waals surface area contributed by atoms with E-state index in [0.29, 0.717) is 27.9 Å². The summed E-state index contributed by atoms with van der Waals surface area (Å²) in [7, 11) is 1.34. The van der Waals surface area contributed by atoms with Crippen molar-refractivity contribution in [2.24, 2.45) is 0 Å². The van der Waals surface area contributed by atoms with Crippen molar-refractivity contribution < 1.29 is 88.7 Å². The molecule has 2 aliphatic rings. The molecule has 48 heavy (non-hydrogen) atoms. The van der Waals surface area contributed by atoms with Crippen molar-refractivity contribution in [3.63, 3.8) is 0 Å². The predicted octanol–water partition coefficient (Wildman–Crippen LogP) is 2.04. The van der Waals surface area contributed by atoms with Crippen molar-refractivity contribution in [1.29, 1.82) is 0 Å². The van der Waals surface area contributed by atoms with E-state index < -0.39 is 67.5 Å². The van der Waals surface area contributed by atoms with Gasteiger partial charge in [0.25, 0.3) is 0 Å². The normalized spacial score (nSPS) is 11.3. The second-order valence-corrected chi connectivity index (χ2v) is 11.8. The fraction of sp³-hybridized carbons (Fsp3) is 0.129. The number of halogens is 4. The molecule has 0 fully saturated rings. The van der Waals surface area contributed by atoms with Crippen molar-refractivity contribution in [3.05, 3.63) is 88.8 Å². The number of fused-ring (bicyclic) bond motifs is 2. The van der Waals surface area contributed by atoms with Gasteiger partial charge >= 0.3 is 41.7 Å². The molecule has 1 N–H and O–H groups in total. The molecule has 3 aromatic carbocycles. The average Bonchev–Trinajstić information content (AvgIpc) is 2.99. The van der Waals surface area contributed by atoms with Crippen LogP contribution in [0.1, 0.15) is 10.4 Å². The van der Waals surface area contributed by atoms with Crippen molar-refractivity contribution in [2.75, 3.05) is 33.1 Å². The number of rotatable bonds is 6. The number of hydrogen-bond donors (Lipinski definition) is 1. The molecule has 1 aliphatic carbocycles. The Balaban J connectivity index is 0.00000520. The van der Waals surface area contributed by atoms with Crippen molar-refractivity contribution in [1.82, 2.24) is 4.58 Å². The zero-order chi connectivity index (χ0) is 34.5. The molecule has 0 unspecified atom stereocenters. The molecule has 0 saturated carbocycles. The van der Waals surface area contributed by atoms with Gasteiger partial charge in [-0.15, -0.1) is 0 Å². The van der Waals surface area contributed by atoms with Crippen LogP contribution in [0, 0.1) is 23.3 Å². The summed E-state index contributed by atoms with van der Waals surface area (Å²) in [6.45, 7) is 0. The molecule has 11 nitrogen and oxygen atoms in total. The molecule has 0 saturated heterocycles. The monoisotopic (exact) mass is 697 g/mol. The second-order valence-electron chi connectivity index (χ2n) is 10.5. The average molecular weight is 698 g/mol. The summed E-state index contributed by atoms with van der Waals surface area (Å²) < 4.78 is 107. The topological polar surface area (TPSA) is 149 Å². The van der Waals surface area contributed by atoms with E-state index in [1.165, 1.54) is 6.07 Å². The van der Waals surface area contributed by atoms with E-state index in [2.05, 4.69) is 4.74 Å². The Bertz CT molecular complexity index is 2260. The minimum absolute atomic E-state index is 0. The Labute approximate surface area is 291 Å². The summed E-state index contributed by atoms with van der Waals surface area (Å²) in [5, 5.41) is 11.5. The van der Waals surface area contributed by atoms with E-state index in [1.54, 1.807) is 36.4 Å². The number of ether oxygens (including phenoxy) is 2. The fourth-order valence-electron chi connectivity index (χ4n) is 4.80. The number of carboxylic acid groups (broad SMARTS) is 1. The van der Waals surface area contributed by atoms with Gasteiger partial charge in [-0.05, 0) is 42.0 Å². The number of benzene rings is 4. The molecule has 3 aromatic rings. The zero-order valence-electron chi connectivity index (χ0n) is 25.7. The predicted molar refractivity (Wildman–Crippen MR) is 158 cm³/mol. The SMILES string of the molecule is CN(C)c1ccc2c(-c3ccc(OC(=O)Oc4c(F)c(F)c(S(=O)(=O)[O-])c(F)c4F)cc3C(=O)O)c3ccc(=[N+](C)C)cc-3oc2c1.[Na+]. The van der Waals surface area contributed by atoms with Crippen LogP contribution in [0.4, 0.5) is 28.0 Å². The Hall–Kier alpha value is -4.48. The molecule has 1 aliphatic heterocycles. The molecular weight excluding hydrogens is 675 g/mol. The van der Waals surface area contributed by atoms with Crippen LogP contribution in [0.25, 0.3) is 33.4 Å². The maximum atomic E-state index is 14.3. The number of nitrogens with zero attached hydrogens (tertiary/aromatic N) is 2. The maximum Gasteiger partial charge on any atom is 1.00 e. The van der Waals surface area contributed by atoms with Crippen LogP contribution >= 0.6 is 0 Å². The number of aromatic carboxylic acids is 1. The van der Waals surface area contributed by atoms with Gasteiger partial charge in [-0.1, -0.05) is 0 Å². The summed E-state index contributed by atoms with van der Waals surface area (Å²) >= 11 is 0. The van der Waals surface area contributed by atoms with Crippen LogP contribution in [-0.2, 0) is 10.1 Å². The summed E-state index contributed by atoms with van der Waals surface area (Å²) in [6, 6.07) is 14.0. The van der Waals surface area contributed by atoms with Crippen LogP contribution < -0.4 is 53.9 Å². The summed E-state index contributed by atoms with van der Waals surface area (Å²) in [5.41, 5.74) is 1.98. The van der Waals surface area contributed by atoms with E-state index in [1.807, 2.05) is 37.7 Å². The van der Waals surface area contributed by atoms with Gasteiger partial charge in [0.15, 0.2) is 11.6 Å². The quantitative estimate of drug-likeness (QED) is 0.0409. The number of carboxylic acids is 1.